The zero-order valence-electron chi connectivity index (χ0n) is 11.1. The van der Waals surface area contributed by atoms with Crippen molar-refractivity contribution in [3.05, 3.63) is 35.6 Å². The van der Waals surface area contributed by atoms with E-state index in [9.17, 15) is 13.2 Å². The molecule has 110 valence electrons. The molecule has 0 saturated carbocycles. The van der Waals surface area contributed by atoms with Gasteiger partial charge in [-0.05, 0) is 13.1 Å². The first-order valence-corrected chi connectivity index (χ1v) is 6.29. The average Bonchev–Trinajstić information content (AvgIpc) is 2.72. The van der Waals surface area contributed by atoms with Crippen molar-refractivity contribution in [2.24, 2.45) is 0 Å². The summed E-state index contributed by atoms with van der Waals surface area (Å²) in [4.78, 5) is 0. The second-order valence-corrected chi connectivity index (χ2v) is 4.45. The van der Waals surface area contributed by atoms with Crippen molar-refractivity contribution in [3.63, 3.8) is 0 Å². The smallest absolute Gasteiger partial charge is 0.391 e. The Morgan fingerprint density at radius 2 is 2.00 bits per heavy atom. The summed E-state index contributed by atoms with van der Waals surface area (Å²) in [6.07, 6.45) is -5.13. The first-order chi connectivity index (χ1) is 9.51. The summed E-state index contributed by atoms with van der Waals surface area (Å²) in [7, 11) is 1.78. The Labute approximate surface area is 114 Å². The quantitative estimate of drug-likeness (QED) is 0.824. The zero-order valence-corrected chi connectivity index (χ0v) is 11.1. The van der Waals surface area contributed by atoms with Gasteiger partial charge in [-0.25, -0.2) is 0 Å². The van der Waals surface area contributed by atoms with Crippen LogP contribution in [0.1, 0.15) is 17.7 Å². The third-order valence-corrected chi connectivity index (χ3v) is 2.90. The summed E-state index contributed by atoms with van der Waals surface area (Å²) >= 11 is 0. The highest BCUT2D eigenvalue weighted by atomic mass is 19.4. The van der Waals surface area contributed by atoms with E-state index in [-0.39, 0.29) is 13.2 Å². The van der Waals surface area contributed by atoms with Crippen LogP contribution in [0.2, 0.25) is 0 Å². The molecule has 2 rings (SSSR count). The average molecular weight is 287 g/mol. The molecular formula is C14H16F3NO2. The van der Waals surface area contributed by atoms with Gasteiger partial charge in [0.2, 0.25) is 0 Å². The number of nitrogens with one attached hydrogen (secondary N) is 1. The van der Waals surface area contributed by atoms with Crippen LogP contribution in [0, 0.1) is 0 Å². The standard InChI is InChI=1S/C14H16F3NO2/c1-18-8-13-11(9-19-7-6-14(15,16)17)10-4-2-3-5-12(10)20-13/h2-5,18H,6-9H2,1H3. The van der Waals surface area contributed by atoms with E-state index in [1.165, 1.54) is 0 Å². The van der Waals surface area contributed by atoms with Crippen LogP contribution in [-0.4, -0.2) is 19.8 Å². The van der Waals surface area contributed by atoms with Gasteiger partial charge in [0.05, 0.1) is 26.2 Å². The second-order valence-electron chi connectivity index (χ2n) is 4.45. The van der Waals surface area contributed by atoms with Crippen molar-refractivity contribution in [2.45, 2.75) is 25.7 Å². The monoisotopic (exact) mass is 287 g/mol. The third kappa shape index (κ3) is 3.74. The number of ether oxygens (including phenoxy) is 1. The number of hydrogen-bond donors (Lipinski definition) is 1. The molecule has 0 radical (unpaired) electrons. The molecule has 0 fully saturated rings. The van der Waals surface area contributed by atoms with Gasteiger partial charge in [-0.3, -0.25) is 0 Å². The van der Waals surface area contributed by atoms with E-state index in [4.69, 9.17) is 9.15 Å². The Morgan fingerprint density at radius 1 is 1.25 bits per heavy atom. The molecule has 1 aromatic heterocycles. The van der Waals surface area contributed by atoms with Gasteiger partial charge < -0.3 is 14.5 Å². The summed E-state index contributed by atoms with van der Waals surface area (Å²) in [6.45, 7) is 0.277. The first kappa shape index (κ1) is 14.9. The normalized spacial score (nSPS) is 12.2. The first-order valence-electron chi connectivity index (χ1n) is 6.29. The zero-order chi connectivity index (χ0) is 14.6. The molecule has 0 aliphatic heterocycles. The van der Waals surface area contributed by atoms with Gasteiger partial charge in [-0.15, -0.1) is 0 Å². The molecule has 0 saturated heterocycles. The van der Waals surface area contributed by atoms with Crippen LogP contribution in [0.4, 0.5) is 13.2 Å². The Morgan fingerprint density at radius 3 is 2.70 bits per heavy atom. The van der Waals surface area contributed by atoms with Crippen LogP contribution in [-0.2, 0) is 17.9 Å². The molecule has 0 spiro atoms. The fourth-order valence-electron chi connectivity index (χ4n) is 1.97. The second kappa shape index (κ2) is 6.28. The molecule has 0 aliphatic carbocycles. The van der Waals surface area contributed by atoms with Gasteiger partial charge >= 0.3 is 6.18 Å². The number of furan rings is 1. The fraction of sp³-hybridized carbons (Fsp3) is 0.429. The van der Waals surface area contributed by atoms with Crippen molar-refractivity contribution in [1.82, 2.24) is 5.32 Å². The fourth-order valence-corrected chi connectivity index (χ4v) is 1.97. The van der Waals surface area contributed by atoms with Gasteiger partial charge in [-0.1, -0.05) is 18.2 Å². The lowest BCUT2D eigenvalue weighted by Crippen LogP contribution is -2.12. The molecular weight excluding hydrogens is 271 g/mol. The Bertz CT molecular complexity index is 563. The minimum Gasteiger partial charge on any atom is -0.459 e. The van der Waals surface area contributed by atoms with Gasteiger partial charge in [0.15, 0.2) is 0 Å². The lowest BCUT2D eigenvalue weighted by atomic mass is 10.1. The molecule has 0 bridgehead atoms. The lowest BCUT2D eigenvalue weighted by Gasteiger charge is -2.07. The molecule has 2 aromatic rings. The van der Waals surface area contributed by atoms with E-state index in [0.717, 1.165) is 10.9 Å². The minimum absolute atomic E-state index is 0.115. The molecule has 1 N–H and O–H groups in total. The number of rotatable bonds is 6. The largest absolute Gasteiger partial charge is 0.459 e. The van der Waals surface area contributed by atoms with Gasteiger partial charge in [0.25, 0.3) is 0 Å². The van der Waals surface area contributed by atoms with Crippen LogP contribution in [0.5, 0.6) is 0 Å². The highest BCUT2D eigenvalue weighted by Crippen LogP contribution is 2.27. The molecule has 1 heterocycles. The van der Waals surface area contributed by atoms with E-state index in [0.29, 0.717) is 17.9 Å². The molecule has 0 atom stereocenters. The van der Waals surface area contributed by atoms with E-state index in [1.54, 1.807) is 7.05 Å². The molecule has 3 nitrogen and oxygen atoms in total. The Balaban J connectivity index is 2.09. The number of fused-ring (bicyclic) bond motifs is 1. The van der Waals surface area contributed by atoms with E-state index in [2.05, 4.69) is 5.32 Å². The topological polar surface area (TPSA) is 34.4 Å². The SMILES string of the molecule is CNCc1oc2ccccc2c1COCCC(F)(F)F. The maximum atomic E-state index is 12.1. The number of hydrogen-bond acceptors (Lipinski definition) is 3. The maximum Gasteiger partial charge on any atom is 0.391 e. The van der Waals surface area contributed by atoms with Crippen LogP contribution in [0.15, 0.2) is 28.7 Å². The van der Waals surface area contributed by atoms with Crippen molar-refractivity contribution in [3.8, 4) is 0 Å². The molecule has 6 heteroatoms. The van der Waals surface area contributed by atoms with Gasteiger partial charge in [-0.2, -0.15) is 13.2 Å². The summed E-state index contributed by atoms with van der Waals surface area (Å²) in [5, 5.41) is 3.85. The van der Waals surface area contributed by atoms with Crippen molar-refractivity contribution < 1.29 is 22.3 Å². The van der Waals surface area contributed by atoms with Crippen LogP contribution in [0.25, 0.3) is 11.0 Å². The van der Waals surface area contributed by atoms with Gasteiger partial charge in [0, 0.05) is 10.9 Å². The van der Waals surface area contributed by atoms with E-state index in [1.807, 2.05) is 24.3 Å². The Hall–Kier alpha value is -1.53. The van der Waals surface area contributed by atoms with E-state index < -0.39 is 12.6 Å². The summed E-state index contributed by atoms with van der Waals surface area (Å²) in [6, 6.07) is 7.41. The highest BCUT2D eigenvalue weighted by Gasteiger charge is 2.26. The highest BCUT2D eigenvalue weighted by molar-refractivity contribution is 5.82. The number of halogens is 3. The van der Waals surface area contributed by atoms with Crippen molar-refractivity contribution in [2.75, 3.05) is 13.7 Å². The predicted octanol–water partition coefficient (Wildman–Crippen LogP) is 3.62. The number of benzene rings is 1. The van der Waals surface area contributed by atoms with Crippen molar-refractivity contribution in [1.29, 1.82) is 0 Å². The Kier molecular flexibility index (Phi) is 4.67. The van der Waals surface area contributed by atoms with Crippen molar-refractivity contribution >= 4 is 11.0 Å². The van der Waals surface area contributed by atoms with E-state index >= 15 is 0 Å². The predicted molar refractivity (Wildman–Crippen MR) is 69.3 cm³/mol. The molecule has 0 unspecified atom stereocenters. The summed E-state index contributed by atoms with van der Waals surface area (Å²) in [5.41, 5.74) is 1.52. The molecule has 20 heavy (non-hydrogen) atoms. The van der Waals surface area contributed by atoms with Gasteiger partial charge in [0.1, 0.15) is 11.3 Å². The molecule has 0 aliphatic rings. The minimum atomic E-state index is -4.19. The maximum absolute atomic E-state index is 12.1. The summed E-state index contributed by atoms with van der Waals surface area (Å²) in [5.74, 6) is 0.695. The van der Waals surface area contributed by atoms with Crippen LogP contribution >= 0.6 is 0 Å². The third-order valence-electron chi connectivity index (χ3n) is 2.90. The lowest BCUT2D eigenvalue weighted by molar-refractivity contribution is -0.146. The molecule has 1 aromatic carbocycles. The van der Waals surface area contributed by atoms with Crippen LogP contribution in [0.3, 0.4) is 0 Å². The number of para-hydroxylation sites is 1. The molecule has 0 amide bonds. The number of alkyl halides is 3. The summed E-state index contributed by atoms with van der Waals surface area (Å²) < 4.78 is 47.0. The van der Waals surface area contributed by atoms with Crippen LogP contribution < -0.4 is 5.32 Å².